The van der Waals surface area contributed by atoms with E-state index in [0.717, 1.165) is 0 Å². The minimum Gasteiger partial charge on any atom is -0.324 e. The summed E-state index contributed by atoms with van der Waals surface area (Å²) in [6.07, 6.45) is 1.16. The van der Waals surface area contributed by atoms with E-state index in [9.17, 15) is 14.4 Å². The first kappa shape index (κ1) is 14.2. The van der Waals surface area contributed by atoms with Crippen LogP contribution in [-0.4, -0.2) is 14.9 Å². The lowest BCUT2D eigenvalue weighted by molar-refractivity contribution is 0.284. The molecule has 0 atom stereocenters. The molecule has 0 rings (SSSR count). The van der Waals surface area contributed by atoms with E-state index in [1.54, 1.807) is 6.92 Å². The van der Waals surface area contributed by atoms with Gasteiger partial charge < -0.3 is 9.79 Å². The molecule has 0 fully saturated rings. The highest BCUT2D eigenvalue weighted by Crippen LogP contribution is 2.56. The molecule has 0 spiro atoms. The molecule has 86 valence electrons. The lowest BCUT2D eigenvalue weighted by Crippen LogP contribution is -2.28. The van der Waals surface area contributed by atoms with Gasteiger partial charge in [0.1, 0.15) is 0 Å². The van der Waals surface area contributed by atoms with Crippen LogP contribution in [0.1, 0.15) is 47.5 Å². The van der Waals surface area contributed by atoms with Crippen molar-refractivity contribution < 1.29 is 14.4 Å². The van der Waals surface area contributed by atoms with Gasteiger partial charge in [-0.05, 0) is 31.6 Å². The van der Waals surface area contributed by atoms with Gasteiger partial charge in [0.15, 0.2) is 0 Å². The quantitative estimate of drug-likeness (QED) is 0.703. The van der Waals surface area contributed by atoms with Gasteiger partial charge in [-0.3, -0.25) is 4.57 Å². The summed E-state index contributed by atoms with van der Waals surface area (Å²) in [7, 11) is -4.00. The molecule has 2 N–H and O–H groups in total. The third-order valence-corrected chi connectivity index (χ3v) is 4.17. The van der Waals surface area contributed by atoms with E-state index < -0.39 is 12.8 Å². The van der Waals surface area contributed by atoms with Gasteiger partial charge in [0, 0.05) is 0 Å². The Kier molecular flexibility index (Phi) is 4.83. The number of rotatable bonds is 5. The SMILES string of the molecule is CC(C)CC(C)(CC(C)C)P(=O)(O)O. The topological polar surface area (TPSA) is 57.5 Å². The van der Waals surface area contributed by atoms with Crippen LogP contribution < -0.4 is 0 Å². The summed E-state index contributed by atoms with van der Waals surface area (Å²) in [6, 6.07) is 0. The van der Waals surface area contributed by atoms with Gasteiger partial charge in [-0.25, -0.2) is 0 Å². The van der Waals surface area contributed by atoms with Crippen molar-refractivity contribution in [1.82, 2.24) is 0 Å². The first-order valence-corrected chi connectivity index (χ1v) is 6.75. The maximum Gasteiger partial charge on any atom is 0.331 e. The van der Waals surface area contributed by atoms with Crippen LogP contribution in [0.2, 0.25) is 0 Å². The first-order valence-electron chi connectivity index (χ1n) is 5.14. The van der Waals surface area contributed by atoms with E-state index in [4.69, 9.17) is 0 Å². The zero-order chi connectivity index (χ0) is 11.6. The number of hydrogen-bond acceptors (Lipinski definition) is 1. The van der Waals surface area contributed by atoms with Crippen molar-refractivity contribution in [2.45, 2.75) is 52.6 Å². The lowest BCUT2D eigenvalue weighted by Gasteiger charge is -2.33. The third kappa shape index (κ3) is 4.12. The van der Waals surface area contributed by atoms with Gasteiger partial charge in [0.05, 0.1) is 5.16 Å². The Labute approximate surface area is 87.1 Å². The van der Waals surface area contributed by atoms with Crippen molar-refractivity contribution in [2.75, 3.05) is 0 Å². The predicted octanol–water partition coefficient (Wildman–Crippen LogP) is 3.02. The second-order valence-corrected chi connectivity index (χ2v) is 7.40. The fourth-order valence-electron chi connectivity index (χ4n) is 2.08. The van der Waals surface area contributed by atoms with E-state index in [1.807, 2.05) is 27.7 Å². The Bertz CT molecular complexity index is 207. The Hall–Kier alpha value is 0.150. The Balaban J connectivity index is 4.77. The van der Waals surface area contributed by atoms with E-state index in [1.165, 1.54) is 0 Å². The molecular formula is C10H23O3P. The normalized spacial score (nSPS) is 14.1. The van der Waals surface area contributed by atoms with Crippen LogP contribution in [0.5, 0.6) is 0 Å². The summed E-state index contributed by atoms with van der Waals surface area (Å²) < 4.78 is 11.4. The summed E-state index contributed by atoms with van der Waals surface area (Å²) in [5, 5.41) is -0.852. The van der Waals surface area contributed by atoms with E-state index in [0.29, 0.717) is 24.7 Å². The second-order valence-electron chi connectivity index (χ2n) is 5.24. The van der Waals surface area contributed by atoms with Crippen LogP contribution in [0, 0.1) is 11.8 Å². The summed E-state index contributed by atoms with van der Waals surface area (Å²) in [6.45, 7) is 9.68. The molecule has 14 heavy (non-hydrogen) atoms. The minimum absolute atomic E-state index is 0.311. The van der Waals surface area contributed by atoms with Gasteiger partial charge in [-0.15, -0.1) is 0 Å². The van der Waals surface area contributed by atoms with Gasteiger partial charge in [0.2, 0.25) is 0 Å². The average molecular weight is 222 g/mol. The lowest BCUT2D eigenvalue weighted by atomic mass is 9.90. The van der Waals surface area contributed by atoms with Gasteiger partial charge in [-0.2, -0.15) is 0 Å². The molecule has 3 nitrogen and oxygen atoms in total. The molecule has 0 bridgehead atoms. The van der Waals surface area contributed by atoms with Crippen molar-refractivity contribution in [1.29, 1.82) is 0 Å². The Morgan fingerprint density at radius 3 is 1.50 bits per heavy atom. The van der Waals surface area contributed by atoms with Gasteiger partial charge >= 0.3 is 7.60 Å². The van der Waals surface area contributed by atoms with Crippen molar-refractivity contribution >= 4 is 7.60 Å². The van der Waals surface area contributed by atoms with E-state index in [-0.39, 0.29) is 0 Å². The first-order chi connectivity index (χ1) is 6.08. The fraction of sp³-hybridized carbons (Fsp3) is 1.00. The van der Waals surface area contributed by atoms with Crippen molar-refractivity contribution in [3.05, 3.63) is 0 Å². The molecule has 0 aromatic heterocycles. The largest absolute Gasteiger partial charge is 0.331 e. The zero-order valence-corrected chi connectivity index (χ0v) is 10.7. The highest BCUT2D eigenvalue weighted by atomic mass is 31.2. The maximum atomic E-state index is 11.4. The van der Waals surface area contributed by atoms with Crippen LogP contribution >= 0.6 is 7.60 Å². The number of hydrogen-bond donors (Lipinski definition) is 2. The summed E-state index contributed by atoms with van der Waals surface area (Å²) in [5.41, 5.74) is 0. The highest BCUT2D eigenvalue weighted by molar-refractivity contribution is 7.53. The predicted molar refractivity (Wildman–Crippen MR) is 59.4 cm³/mol. The third-order valence-electron chi connectivity index (χ3n) is 2.40. The monoisotopic (exact) mass is 222 g/mol. The zero-order valence-electron chi connectivity index (χ0n) is 9.82. The van der Waals surface area contributed by atoms with Crippen LogP contribution in [0.25, 0.3) is 0 Å². The molecule has 4 heteroatoms. The van der Waals surface area contributed by atoms with Gasteiger partial charge in [-0.1, -0.05) is 27.7 Å². The van der Waals surface area contributed by atoms with Gasteiger partial charge in [0.25, 0.3) is 0 Å². The molecule has 0 aromatic rings. The summed E-state index contributed by atoms with van der Waals surface area (Å²) in [4.78, 5) is 18.7. The molecule has 0 heterocycles. The fourth-order valence-corrected chi connectivity index (χ4v) is 3.29. The van der Waals surface area contributed by atoms with Crippen molar-refractivity contribution in [2.24, 2.45) is 11.8 Å². The van der Waals surface area contributed by atoms with Crippen LogP contribution in [-0.2, 0) is 4.57 Å². The van der Waals surface area contributed by atoms with Crippen molar-refractivity contribution in [3.63, 3.8) is 0 Å². The van der Waals surface area contributed by atoms with Crippen LogP contribution in [0.15, 0.2) is 0 Å². The highest BCUT2D eigenvalue weighted by Gasteiger charge is 2.42. The Morgan fingerprint density at radius 2 is 1.36 bits per heavy atom. The van der Waals surface area contributed by atoms with E-state index >= 15 is 0 Å². The molecule has 0 radical (unpaired) electrons. The smallest absolute Gasteiger partial charge is 0.324 e. The molecule has 0 saturated heterocycles. The molecule has 0 aliphatic rings. The maximum absolute atomic E-state index is 11.4. The second kappa shape index (κ2) is 4.78. The molecule has 0 amide bonds. The summed E-state index contributed by atoms with van der Waals surface area (Å²) >= 11 is 0. The standard InChI is InChI=1S/C10H23O3P/c1-8(2)6-10(5,7-9(3)4)14(11,12)13/h8-9H,6-7H2,1-5H3,(H2,11,12,13). The molecular weight excluding hydrogens is 199 g/mol. The molecule has 0 aliphatic heterocycles. The van der Waals surface area contributed by atoms with Crippen molar-refractivity contribution in [3.8, 4) is 0 Å². The molecule has 0 aliphatic carbocycles. The van der Waals surface area contributed by atoms with Crippen LogP contribution in [0.4, 0.5) is 0 Å². The Morgan fingerprint density at radius 1 is 1.07 bits per heavy atom. The molecule has 0 unspecified atom stereocenters. The molecule has 0 aromatic carbocycles. The van der Waals surface area contributed by atoms with E-state index in [2.05, 4.69) is 0 Å². The summed E-state index contributed by atoms with van der Waals surface area (Å²) in [5.74, 6) is 0.623. The van der Waals surface area contributed by atoms with Crippen LogP contribution in [0.3, 0.4) is 0 Å². The minimum atomic E-state index is -4.00. The molecule has 0 saturated carbocycles. The average Bonchev–Trinajstić information content (AvgIpc) is 1.78.